The molecule has 0 radical (unpaired) electrons. The number of nitrogens with zero attached hydrogens (tertiary/aromatic N) is 5. The number of piperidine rings is 1. The highest BCUT2D eigenvalue weighted by Crippen LogP contribution is 2.28. The summed E-state index contributed by atoms with van der Waals surface area (Å²) >= 11 is 0. The molecule has 1 atom stereocenters. The average Bonchev–Trinajstić information content (AvgIpc) is 3.49. The van der Waals surface area contributed by atoms with Crippen molar-refractivity contribution in [2.24, 2.45) is 5.92 Å². The summed E-state index contributed by atoms with van der Waals surface area (Å²) in [6.07, 6.45) is 4.57. The Morgan fingerprint density at radius 2 is 1.83 bits per heavy atom. The van der Waals surface area contributed by atoms with E-state index in [4.69, 9.17) is 0 Å². The van der Waals surface area contributed by atoms with Crippen molar-refractivity contribution in [3.63, 3.8) is 0 Å². The van der Waals surface area contributed by atoms with Gasteiger partial charge in [0.2, 0.25) is 5.91 Å². The Balaban J connectivity index is 1.25. The smallest absolute Gasteiger partial charge is 0.274 e. The van der Waals surface area contributed by atoms with Gasteiger partial charge in [-0.05, 0) is 69.1 Å². The fourth-order valence-corrected chi connectivity index (χ4v) is 5.86. The number of amides is 2. The van der Waals surface area contributed by atoms with E-state index in [0.717, 1.165) is 56.5 Å². The first-order chi connectivity index (χ1) is 17.0. The SMILES string of the molecule is Cc1cccc(N2CCN(C(=O)Cn3nc(C(=O)N4CCCC(CO)C4)c4c3CCC4)CC2)c1C. The van der Waals surface area contributed by atoms with Crippen molar-refractivity contribution >= 4 is 17.5 Å². The van der Waals surface area contributed by atoms with Gasteiger partial charge in [0.05, 0.1) is 0 Å². The number of anilines is 1. The molecule has 2 aliphatic heterocycles. The maximum atomic E-state index is 13.3. The summed E-state index contributed by atoms with van der Waals surface area (Å²) in [7, 11) is 0. The molecule has 2 amide bonds. The van der Waals surface area contributed by atoms with Crippen molar-refractivity contribution in [3.05, 3.63) is 46.3 Å². The number of aliphatic hydroxyl groups excluding tert-OH is 1. The summed E-state index contributed by atoms with van der Waals surface area (Å²) in [6.45, 7) is 8.91. The van der Waals surface area contributed by atoms with E-state index in [2.05, 4.69) is 42.0 Å². The molecule has 1 aliphatic carbocycles. The second kappa shape index (κ2) is 10.0. The van der Waals surface area contributed by atoms with Crippen molar-refractivity contribution in [2.45, 2.75) is 52.5 Å². The number of hydrogen-bond acceptors (Lipinski definition) is 5. The summed E-state index contributed by atoms with van der Waals surface area (Å²) < 4.78 is 1.79. The highest BCUT2D eigenvalue weighted by atomic mass is 16.3. The standard InChI is InChI=1S/C27H37N5O3/c1-19-6-3-9-23(20(19)2)29-12-14-30(15-13-29)25(34)17-32-24-10-4-8-22(24)26(28-32)27(35)31-11-5-7-21(16-31)18-33/h3,6,9,21,33H,4-5,7-8,10-18H2,1-2H3. The fourth-order valence-electron chi connectivity index (χ4n) is 5.86. The van der Waals surface area contributed by atoms with Crippen LogP contribution in [0.4, 0.5) is 5.69 Å². The maximum Gasteiger partial charge on any atom is 0.274 e. The van der Waals surface area contributed by atoms with Crippen molar-refractivity contribution in [1.82, 2.24) is 19.6 Å². The average molecular weight is 480 g/mol. The Hall–Kier alpha value is -2.87. The molecule has 35 heavy (non-hydrogen) atoms. The van der Waals surface area contributed by atoms with Gasteiger partial charge in [0.1, 0.15) is 6.54 Å². The van der Waals surface area contributed by atoms with E-state index in [1.165, 1.54) is 16.8 Å². The van der Waals surface area contributed by atoms with Gasteiger partial charge in [-0.1, -0.05) is 12.1 Å². The number of benzene rings is 1. The van der Waals surface area contributed by atoms with Crippen molar-refractivity contribution in [3.8, 4) is 0 Å². The number of aromatic nitrogens is 2. The molecule has 1 aromatic heterocycles. The molecule has 1 unspecified atom stereocenters. The third-order valence-corrected chi connectivity index (χ3v) is 8.11. The third kappa shape index (κ3) is 4.68. The van der Waals surface area contributed by atoms with E-state index in [0.29, 0.717) is 31.9 Å². The largest absolute Gasteiger partial charge is 0.396 e. The van der Waals surface area contributed by atoms with Crippen LogP contribution in [0.1, 0.15) is 52.1 Å². The van der Waals surface area contributed by atoms with E-state index in [-0.39, 0.29) is 30.9 Å². The number of aliphatic hydroxyl groups is 1. The Morgan fingerprint density at radius 1 is 1.03 bits per heavy atom. The van der Waals surface area contributed by atoms with Gasteiger partial charge in [0, 0.05) is 62.8 Å². The molecule has 3 heterocycles. The zero-order valence-corrected chi connectivity index (χ0v) is 21.0. The maximum absolute atomic E-state index is 13.3. The van der Waals surface area contributed by atoms with Crippen LogP contribution in [0.3, 0.4) is 0 Å². The second-order valence-corrected chi connectivity index (χ2v) is 10.3. The minimum Gasteiger partial charge on any atom is -0.396 e. The first kappa shape index (κ1) is 23.9. The van der Waals surface area contributed by atoms with Gasteiger partial charge in [0.15, 0.2) is 5.69 Å². The number of rotatable bonds is 5. The lowest BCUT2D eigenvalue weighted by molar-refractivity contribution is -0.132. The van der Waals surface area contributed by atoms with Crippen molar-refractivity contribution < 1.29 is 14.7 Å². The van der Waals surface area contributed by atoms with Crippen LogP contribution >= 0.6 is 0 Å². The van der Waals surface area contributed by atoms with E-state index in [1.54, 1.807) is 4.68 Å². The van der Waals surface area contributed by atoms with E-state index >= 15 is 0 Å². The zero-order chi connectivity index (χ0) is 24.5. The molecule has 0 saturated carbocycles. The van der Waals surface area contributed by atoms with Crippen molar-refractivity contribution in [1.29, 1.82) is 0 Å². The van der Waals surface area contributed by atoms with E-state index < -0.39 is 0 Å². The zero-order valence-electron chi connectivity index (χ0n) is 21.0. The van der Waals surface area contributed by atoms with Gasteiger partial charge in [-0.3, -0.25) is 14.3 Å². The summed E-state index contributed by atoms with van der Waals surface area (Å²) in [5, 5.41) is 14.2. The molecule has 3 aliphatic rings. The molecular formula is C27H37N5O3. The summed E-state index contributed by atoms with van der Waals surface area (Å²) in [6, 6.07) is 6.40. The number of fused-ring (bicyclic) bond motifs is 1. The number of likely N-dealkylation sites (tertiary alicyclic amines) is 1. The molecular weight excluding hydrogens is 442 g/mol. The number of carbonyl (C=O) groups is 2. The quantitative estimate of drug-likeness (QED) is 0.711. The molecule has 5 rings (SSSR count). The minimum atomic E-state index is -0.0466. The number of aryl methyl sites for hydroxylation is 1. The fraction of sp³-hybridized carbons (Fsp3) is 0.593. The van der Waals surface area contributed by atoms with Gasteiger partial charge in [-0.15, -0.1) is 0 Å². The summed E-state index contributed by atoms with van der Waals surface area (Å²) in [5.74, 6) is 0.168. The monoisotopic (exact) mass is 479 g/mol. The third-order valence-electron chi connectivity index (χ3n) is 8.11. The van der Waals surface area contributed by atoms with Gasteiger partial charge >= 0.3 is 0 Å². The first-order valence-corrected chi connectivity index (χ1v) is 13.0. The molecule has 1 N–H and O–H groups in total. The highest BCUT2D eigenvalue weighted by Gasteiger charge is 2.32. The first-order valence-electron chi connectivity index (χ1n) is 13.0. The van der Waals surface area contributed by atoms with Gasteiger partial charge in [0.25, 0.3) is 5.91 Å². The van der Waals surface area contributed by atoms with Crippen LogP contribution in [0.5, 0.6) is 0 Å². The van der Waals surface area contributed by atoms with Crippen LogP contribution in [-0.4, -0.2) is 82.4 Å². The Morgan fingerprint density at radius 3 is 2.60 bits per heavy atom. The summed E-state index contributed by atoms with van der Waals surface area (Å²) in [4.78, 5) is 32.7. The second-order valence-electron chi connectivity index (χ2n) is 10.3. The summed E-state index contributed by atoms with van der Waals surface area (Å²) in [5.41, 5.74) is 6.43. The normalized spacial score (nSPS) is 20.3. The number of carbonyl (C=O) groups excluding carboxylic acids is 2. The van der Waals surface area contributed by atoms with Gasteiger partial charge < -0.3 is 19.8 Å². The lowest BCUT2D eigenvalue weighted by atomic mass is 9.98. The molecule has 0 spiro atoms. The highest BCUT2D eigenvalue weighted by molar-refractivity contribution is 5.94. The lowest BCUT2D eigenvalue weighted by Gasteiger charge is -2.37. The van der Waals surface area contributed by atoms with Crippen LogP contribution in [-0.2, 0) is 24.2 Å². The molecule has 2 aromatic rings. The van der Waals surface area contributed by atoms with Gasteiger partial charge in [-0.2, -0.15) is 5.10 Å². The predicted octanol–water partition coefficient (Wildman–Crippen LogP) is 2.18. The number of piperazine rings is 1. The van der Waals surface area contributed by atoms with Crippen LogP contribution in [0.2, 0.25) is 0 Å². The molecule has 2 fully saturated rings. The number of hydrogen-bond donors (Lipinski definition) is 1. The van der Waals surface area contributed by atoms with E-state index in [1.807, 2.05) is 9.80 Å². The molecule has 1 aromatic carbocycles. The lowest BCUT2D eigenvalue weighted by Crippen LogP contribution is -2.50. The van der Waals surface area contributed by atoms with Crippen molar-refractivity contribution in [2.75, 3.05) is 50.8 Å². The van der Waals surface area contributed by atoms with Crippen LogP contribution in [0, 0.1) is 19.8 Å². The minimum absolute atomic E-state index is 0.0466. The van der Waals surface area contributed by atoms with E-state index in [9.17, 15) is 14.7 Å². The molecule has 0 bridgehead atoms. The van der Waals surface area contributed by atoms with Gasteiger partial charge in [-0.25, -0.2) is 0 Å². The molecule has 8 nitrogen and oxygen atoms in total. The predicted molar refractivity (Wildman–Crippen MR) is 135 cm³/mol. The topological polar surface area (TPSA) is 81.9 Å². The molecule has 188 valence electrons. The van der Waals surface area contributed by atoms with Crippen LogP contribution < -0.4 is 4.90 Å². The Bertz CT molecular complexity index is 1100. The van der Waals surface area contributed by atoms with Crippen LogP contribution in [0.25, 0.3) is 0 Å². The molecule has 2 saturated heterocycles. The van der Waals surface area contributed by atoms with Crippen LogP contribution in [0.15, 0.2) is 18.2 Å². The Labute approximate surface area is 207 Å². The molecule has 8 heteroatoms. The Kier molecular flexibility index (Phi) is 6.82.